The van der Waals surface area contributed by atoms with Gasteiger partial charge in [0.25, 0.3) is 0 Å². The minimum absolute atomic E-state index is 0.100. The number of nitrogens with one attached hydrogen (secondary N) is 1. The van der Waals surface area contributed by atoms with Gasteiger partial charge in [0, 0.05) is 37.9 Å². The molecule has 0 radical (unpaired) electrons. The molecule has 2 atom stereocenters. The number of rotatable bonds is 5. The zero-order chi connectivity index (χ0) is 22.7. The molecule has 1 aromatic carbocycles. The van der Waals surface area contributed by atoms with Crippen LogP contribution >= 0.6 is 0 Å². The van der Waals surface area contributed by atoms with Gasteiger partial charge in [-0.25, -0.2) is 0 Å². The maximum absolute atomic E-state index is 13.5. The SMILES string of the molecule is Cc1cccc(N2CCN(C(C)(C)C(=O)NC3C4CC5CC3CC(C(=O)O)(C5)C4)CC2)c1. The van der Waals surface area contributed by atoms with Gasteiger partial charge in [0.05, 0.1) is 11.0 Å². The second-order valence-electron chi connectivity index (χ2n) is 11.4. The number of aliphatic carboxylic acids is 1. The van der Waals surface area contributed by atoms with Crippen LogP contribution in [-0.4, -0.2) is 59.6 Å². The van der Waals surface area contributed by atoms with Gasteiger partial charge in [-0.1, -0.05) is 12.1 Å². The van der Waals surface area contributed by atoms with E-state index in [9.17, 15) is 14.7 Å². The molecule has 1 saturated heterocycles. The predicted molar refractivity (Wildman–Crippen MR) is 125 cm³/mol. The number of benzene rings is 1. The molecule has 4 bridgehead atoms. The predicted octanol–water partition coefficient (Wildman–Crippen LogP) is 3.29. The van der Waals surface area contributed by atoms with E-state index in [2.05, 4.69) is 46.3 Å². The van der Waals surface area contributed by atoms with Gasteiger partial charge in [-0.3, -0.25) is 14.5 Å². The molecular formula is C26H37N3O3. The minimum Gasteiger partial charge on any atom is -0.481 e. The normalized spacial score (nSPS) is 34.5. The van der Waals surface area contributed by atoms with Crippen molar-refractivity contribution < 1.29 is 14.7 Å². The van der Waals surface area contributed by atoms with Gasteiger partial charge < -0.3 is 15.3 Å². The second kappa shape index (κ2) is 7.75. The molecule has 1 amide bonds. The molecule has 2 unspecified atom stereocenters. The third-order valence-corrected chi connectivity index (χ3v) is 9.02. The number of amides is 1. The summed E-state index contributed by atoms with van der Waals surface area (Å²) in [5.74, 6) is 0.641. The molecule has 5 fully saturated rings. The van der Waals surface area contributed by atoms with Gasteiger partial charge in [0.2, 0.25) is 5.91 Å². The number of anilines is 1. The fraction of sp³-hybridized carbons (Fsp3) is 0.692. The number of carbonyl (C=O) groups excluding carboxylic acids is 1. The van der Waals surface area contributed by atoms with Crippen molar-refractivity contribution >= 4 is 17.6 Å². The maximum Gasteiger partial charge on any atom is 0.309 e. The van der Waals surface area contributed by atoms with Crippen LogP contribution in [0.1, 0.15) is 51.5 Å². The van der Waals surface area contributed by atoms with Crippen molar-refractivity contribution in [2.24, 2.45) is 23.2 Å². The van der Waals surface area contributed by atoms with Crippen molar-refractivity contribution in [2.45, 2.75) is 64.5 Å². The smallest absolute Gasteiger partial charge is 0.309 e. The Bertz CT molecular complexity index is 889. The molecule has 32 heavy (non-hydrogen) atoms. The van der Waals surface area contributed by atoms with E-state index in [4.69, 9.17) is 0 Å². The number of carboxylic acid groups (broad SMARTS) is 1. The van der Waals surface area contributed by atoms with Crippen molar-refractivity contribution in [2.75, 3.05) is 31.1 Å². The van der Waals surface area contributed by atoms with E-state index in [-0.39, 0.29) is 11.9 Å². The molecule has 6 nitrogen and oxygen atoms in total. The van der Waals surface area contributed by atoms with Crippen molar-refractivity contribution in [3.05, 3.63) is 29.8 Å². The largest absolute Gasteiger partial charge is 0.481 e. The average molecular weight is 440 g/mol. The lowest BCUT2D eigenvalue weighted by Crippen LogP contribution is -2.66. The maximum atomic E-state index is 13.5. The summed E-state index contributed by atoms with van der Waals surface area (Å²) >= 11 is 0. The van der Waals surface area contributed by atoms with Crippen molar-refractivity contribution in [3.63, 3.8) is 0 Å². The van der Waals surface area contributed by atoms with E-state index in [1.54, 1.807) is 0 Å². The average Bonchev–Trinajstić information content (AvgIpc) is 2.75. The van der Waals surface area contributed by atoms with Crippen LogP contribution in [0, 0.1) is 30.1 Å². The van der Waals surface area contributed by atoms with Gasteiger partial charge in [-0.05, 0) is 88.3 Å². The molecule has 0 spiro atoms. The highest BCUT2D eigenvalue weighted by Crippen LogP contribution is 2.60. The monoisotopic (exact) mass is 439 g/mol. The van der Waals surface area contributed by atoms with Crippen LogP contribution in [0.2, 0.25) is 0 Å². The highest BCUT2D eigenvalue weighted by Gasteiger charge is 2.59. The Morgan fingerprint density at radius 1 is 1.06 bits per heavy atom. The van der Waals surface area contributed by atoms with E-state index in [0.29, 0.717) is 17.8 Å². The molecule has 4 saturated carbocycles. The molecular weight excluding hydrogens is 402 g/mol. The topological polar surface area (TPSA) is 72.9 Å². The summed E-state index contributed by atoms with van der Waals surface area (Å²) in [5, 5.41) is 13.3. The second-order valence-corrected chi connectivity index (χ2v) is 11.4. The van der Waals surface area contributed by atoms with Crippen LogP contribution in [0.3, 0.4) is 0 Å². The van der Waals surface area contributed by atoms with E-state index < -0.39 is 16.9 Å². The number of hydrogen-bond donors (Lipinski definition) is 2. The summed E-state index contributed by atoms with van der Waals surface area (Å²) < 4.78 is 0. The summed E-state index contributed by atoms with van der Waals surface area (Å²) in [5.41, 5.74) is 1.43. The van der Waals surface area contributed by atoms with Crippen LogP contribution < -0.4 is 10.2 Å². The third-order valence-electron chi connectivity index (χ3n) is 9.02. The molecule has 174 valence electrons. The first kappa shape index (κ1) is 21.7. The Morgan fingerprint density at radius 3 is 2.31 bits per heavy atom. The molecule has 4 aliphatic carbocycles. The first-order valence-electron chi connectivity index (χ1n) is 12.3. The fourth-order valence-electron chi connectivity index (χ4n) is 7.34. The van der Waals surface area contributed by atoms with E-state index in [1.165, 1.54) is 11.3 Å². The zero-order valence-electron chi connectivity index (χ0n) is 19.6. The van der Waals surface area contributed by atoms with E-state index in [1.807, 2.05) is 13.8 Å². The summed E-state index contributed by atoms with van der Waals surface area (Å²) in [6.45, 7) is 9.75. The Balaban J connectivity index is 1.22. The number of aryl methyl sites for hydroxylation is 1. The van der Waals surface area contributed by atoms with Gasteiger partial charge in [0.1, 0.15) is 0 Å². The highest BCUT2D eigenvalue weighted by molar-refractivity contribution is 5.86. The van der Waals surface area contributed by atoms with Crippen LogP contribution in [-0.2, 0) is 9.59 Å². The highest BCUT2D eigenvalue weighted by atomic mass is 16.4. The summed E-state index contributed by atoms with van der Waals surface area (Å²) in [4.78, 5) is 30.2. The van der Waals surface area contributed by atoms with Gasteiger partial charge in [-0.15, -0.1) is 0 Å². The van der Waals surface area contributed by atoms with Gasteiger partial charge >= 0.3 is 5.97 Å². The summed E-state index contributed by atoms with van der Waals surface area (Å²) in [6, 6.07) is 8.75. The molecule has 1 heterocycles. The number of hydrogen-bond acceptors (Lipinski definition) is 4. The molecule has 5 aliphatic rings. The Labute approximate surface area is 191 Å². The fourth-order valence-corrected chi connectivity index (χ4v) is 7.34. The lowest BCUT2D eigenvalue weighted by molar-refractivity contribution is -0.168. The standard InChI is InChI=1S/C26H37N3O3/c1-17-5-4-6-21(11-17)28-7-9-29(10-8-28)25(2,3)23(30)27-22-19-12-18-13-20(22)16-26(14-18,15-19)24(31)32/h4-6,11,18-20,22H,7-10,12-16H2,1-3H3,(H,27,30)(H,31,32). The number of nitrogens with zero attached hydrogens (tertiary/aromatic N) is 2. The first-order chi connectivity index (χ1) is 15.2. The van der Waals surface area contributed by atoms with Crippen LogP contribution in [0.4, 0.5) is 5.69 Å². The first-order valence-corrected chi connectivity index (χ1v) is 12.3. The number of carbonyl (C=O) groups is 2. The van der Waals surface area contributed by atoms with E-state index >= 15 is 0 Å². The summed E-state index contributed by atoms with van der Waals surface area (Å²) in [7, 11) is 0. The molecule has 1 aromatic rings. The molecule has 6 heteroatoms. The Hall–Kier alpha value is -2.08. The quantitative estimate of drug-likeness (QED) is 0.737. The van der Waals surface area contributed by atoms with Crippen molar-refractivity contribution in [1.29, 1.82) is 0 Å². The van der Waals surface area contributed by atoms with Crippen molar-refractivity contribution in [3.8, 4) is 0 Å². The molecule has 2 N–H and O–H groups in total. The Kier molecular flexibility index (Phi) is 5.27. The lowest BCUT2D eigenvalue weighted by atomic mass is 9.48. The lowest BCUT2D eigenvalue weighted by Gasteiger charge is -2.58. The minimum atomic E-state index is -0.617. The van der Waals surface area contributed by atoms with Crippen LogP contribution in [0.15, 0.2) is 24.3 Å². The molecule has 0 aromatic heterocycles. The molecule has 6 rings (SSSR count). The van der Waals surface area contributed by atoms with E-state index in [0.717, 1.165) is 58.3 Å². The van der Waals surface area contributed by atoms with Crippen LogP contribution in [0.5, 0.6) is 0 Å². The van der Waals surface area contributed by atoms with Gasteiger partial charge in [-0.2, -0.15) is 0 Å². The molecule has 1 aliphatic heterocycles. The zero-order valence-corrected chi connectivity index (χ0v) is 19.6. The number of piperazine rings is 1. The summed E-state index contributed by atoms with van der Waals surface area (Å²) in [6.07, 6.45) is 4.45. The third kappa shape index (κ3) is 3.60. The van der Waals surface area contributed by atoms with Crippen LogP contribution in [0.25, 0.3) is 0 Å². The van der Waals surface area contributed by atoms with Crippen molar-refractivity contribution in [1.82, 2.24) is 10.2 Å². The number of carboxylic acids is 1. The van der Waals surface area contributed by atoms with Gasteiger partial charge in [0.15, 0.2) is 0 Å². The Morgan fingerprint density at radius 2 is 1.72 bits per heavy atom.